The standard InChI is InChI=1S/C8H9Cl2NS/c9-7-2-1-6(4-11-5-12)8(10)3-7/h1-3,11-12H,4-5H2. The van der Waals surface area contributed by atoms with Crippen molar-refractivity contribution in [2.24, 2.45) is 0 Å². The van der Waals surface area contributed by atoms with Crippen LogP contribution in [0.5, 0.6) is 0 Å². The second-order valence-corrected chi connectivity index (χ2v) is 3.48. The van der Waals surface area contributed by atoms with Gasteiger partial charge in [0, 0.05) is 22.5 Å². The number of benzene rings is 1. The fraction of sp³-hybridized carbons (Fsp3) is 0.250. The van der Waals surface area contributed by atoms with Crippen molar-refractivity contribution in [3.8, 4) is 0 Å². The lowest BCUT2D eigenvalue weighted by Gasteiger charge is -2.04. The summed E-state index contributed by atoms with van der Waals surface area (Å²) in [4.78, 5) is 0. The van der Waals surface area contributed by atoms with E-state index >= 15 is 0 Å². The van der Waals surface area contributed by atoms with Crippen LogP contribution in [0.1, 0.15) is 5.56 Å². The van der Waals surface area contributed by atoms with Crippen molar-refractivity contribution in [1.29, 1.82) is 0 Å². The molecule has 0 spiro atoms. The maximum atomic E-state index is 5.92. The first kappa shape index (κ1) is 10.2. The highest BCUT2D eigenvalue weighted by Gasteiger charge is 1.99. The zero-order valence-corrected chi connectivity index (χ0v) is 8.76. The van der Waals surface area contributed by atoms with E-state index in [0.29, 0.717) is 15.9 Å². The molecule has 66 valence electrons. The molecule has 1 aromatic rings. The third-order valence-electron chi connectivity index (χ3n) is 1.44. The summed E-state index contributed by atoms with van der Waals surface area (Å²) < 4.78 is 0. The molecule has 0 aliphatic heterocycles. The van der Waals surface area contributed by atoms with Crippen molar-refractivity contribution in [3.05, 3.63) is 33.8 Å². The molecule has 12 heavy (non-hydrogen) atoms. The molecule has 1 N–H and O–H groups in total. The summed E-state index contributed by atoms with van der Waals surface area (Å²) in [6.45, 7) is 0.722. The number of halogens is 2. The highest BCUT2D eigenvalue weighted by Crippen LogP contribution is 2.20. The van der Waals surface area contributed by atoms with E-state index < -0.39 is 0 Å². The Morgan fingerprint density at radius 2 is 2.08 bits per heavy atom. The predicted octanol–water partition coefficient (Wildman–Crippen LogP) is 2.97. The first-order chi connectivity index (χ1) is 5.74. The Kier molecular flexibility index (Phi) is 4.22. The summed E-state index contributed by atoms with van der Waals surface area (Å²) in [6, 6.07) is 5.46. The minimum Gasteiger partial charge on any atom is -0.304 e. The fourth-order valence-electron chi connectivity index (χ4n) is 0.856. The normalized spacial score (nSPS) is 10.2. The third-order valence-corrected chi connectivity index (χ3v) is 2.25. The van der Waals surface area contributed by atoms with Crippen LogP contribution in [-0.4, -0.2) is 5.88 Å². The molecule has 0 radical (unpaired) electrons. The highest BCUT2D eigenvalue weighted by molar-refractivity contribution is 7.80. The summed E-state index contributed by atoms with van der Waals surface area (Å²) >= 11 is 15.7. The van der Waals surface area contributed by atoms with Crippen LogP contribution in [0.2, 0.25) is 10.0 Å². The van der Waals surface area contributed by atoms with Gasteiger partial charge in [-0.15, -0.1) is 0 Å². The van der Waals surface area contributed by atoms with Crippen LogP contribution in [0, 0.1) is 0 Å². The van der Waals surface area contributed by atoms with E-state index in [-0.39, 0.29) is 0 Å². The molecule has 0 aliphatic rings. The average Bonchev–Trinajstić information content (AvgIpc) is 2.03. The summed E-state index contributed by atoms with van der Waals surface area (Å²) in [5.74, 6) is 0.638. The quantitative estimate of drug-likeness (QED) is 0.591. The lowest BCUT2D eigenvalue weighted by Crippen LogP contribution is -2.10. The van der Waals surface area contributed by atoms with Gasteiger partial charge in [0.15, 0.2) is 0 Å². The number of hydrogen-bond acceptors (Lipinski definition) is 2. The van der Waals surface area contributed by atoms with E-state index in [1.165, 1.54) is 0 Å². The van der Waals surface area contributed by atoms with E-state index in [4.69, 9.17) is 23.2 Å². The molecule has 0 amide bonds. The van der Waals surface area contributed by atoms with Gasteiger partial charge in [-0.05, 0) is 17.7 Å². The van der Waals surface area contributed by atoms with Crippen LogP contribution in [0.4, 0.5) is 0 Å². The molecule has 0 aliphatic carbocycles. The minimum atomic E-state index is 0.638. The SMILES string of the molecule is SCNCc1ccc(Cl)cc1Cl. The Labute approximate surface area is 87.5 Å². The molecule has 0 saturated carbocycles. The van der Waals surface area contributed by atoms with Crippen LogP contribution in [0.25, 0.3) is 0 Å². The zero-order valence-electron chi connectivity index (χ0n) is 6.35. The van der Waals surface area contributed by atoms with Crippen molar-refractivity contribution >= 4 is 35.8 Å². The topological polar surface area (TPSA) is 12.0 Å². The number of rotatable bonds is 3. The maximum Gasteiger partial charge on any atom is 0.0465 e. The van der Waals surface area contributed by atoms with Gasteiger partial charge in [0.05, 0.1) is 0 Å². The molecule has 4 heteroatoms. The summed E-state index contributed by atoms with van der Waals surface area (Å²) in [5.41, 5.74) is 1.04. The van der Waals surface area contributed by atoms with Gasteiger partial charge in [0.25, 0.3) is 0 Å². The van der Waals surface area contributed by atoms with Crippen molar-refractivity contribution in [1.82, 2.24) is 5.32 Å². The molecule has 0 fully saturated rings. The van der Waals surface area contributed by atoms with Gasteiger partial charge in [0.1, 0.15) is 0 Å². The first-order valence-electron chi connectivity index (χ1n) is 3.49. The molecule has 1 aromatic carbocycles. The summed E-state index contributed by atoms with van der Waals surface area (Å²) in [5, 5.41) is 4.41. The van der Waals surface area contributed by atoms with Crippen molar-refractivity contribution in [3.63, 3.8) is 0 Å². The third kappa shape index (κ3) is 2.87. The molecule has 0 atom stereocenters. The predicted molar refractivity (Wildman–Crippen MR) is 57.2 cm³/mol. The second kappa shape index (κ2) is 4.97. The van der Waals surface area contributed by atoms with Crippen molar-refractivity contribution in [2.75, 3.05) is 5.88 Å². The van der Waals surface area contributed by atoms with Gasteiger partial charge in [-0.2, -0.15) is 12.6 Å². The van der Waals surface area contributed by atoms with Crippen molar-refractivity contribution in [2.45, 2.75) is 6.54 Å². The molecule has 1 rings (SSSR count). The van der Waals surface area contributed by atoms with E-state index in [1.54, 1.807) is 6.07 Å². The summed E-state index contributed by atoms with van der Waals surface area (Å²) in [7, 11) is 0. The number of hydrogen-bond donors (Lipinski definition) is 2. The van der Waals surface area contributed by atoms with Gasteiger partial charge in [0.2, 0.25) is 0 Å². The van der Waals surface area contributed by atoms with Crippen LogP contribution < -0.4 is 5.32 Å². The number of nitrogens with one attached hydrogen (secondary N) is 1. The van der Waals surface area contributed by atoms with Gasteiger partial charge in [-0.1, -0.05) is 29.3 Å². The Morgan fingerprint density at radius 1 is 1.33 bits per heavy atom. The molecule has 0 unspecified atom stereocenters. The van der Waals surface area contributed by atoms with E-state index in [9.17, 15) is 0 Å². The largest absolute Gasteiger partial charge is 0.304 e. The van der Waals surface area contributed by atoms with E-state index in [0.717, 1.165) is 12.1 Å². The Morgan fingerprint density at radius 3 is 2.67 bits per heavy atom. The monoisotopic (exact) mass is 221 g/mol. The lowest BCUT2D eigenvalue weighted by molar-refractivity contribution is 0.799. The molecule has 0 saturated heterocycles. The Balaban J connectivity index is 2.72. The van der Waals surface area contributed by atoms with Gasteiger partial charge >= 0.3 is 0 Å². The maximum absolute atomic E-state index is 5.92. The smallest absolute Gasteiger partial charge is 0.0465 e. The van der Waals surface area contributed by atoms with Crippen LogP contribution in [0.3, 0.4) is 0 Å². The Hall–Kier alpha value is 0.110. The second-order valence-electron chi connectivity index (χ2n) is 2.32. The molecule has 0 heterocycles. The van der Waals surface area contributed by atoms with Crippen LogP contribution >= 0.6 is 35.8 Å². The van der Waals surface area contributed by atoms with Crippen LogP contribution in [0.15, 0.2) is 18.2 Å². The van der Waals surface area contributed by atoms with Crippen LogP contribution in [-0.2, 0) is 6.54 Å². The molecular formula is C8H9Cl2NS. The molecule has 1 nitrogen and oxygen atoms in total. The van der Waals surface area contributed by atoms with Gasteiger partial charge < -0.3 is 5.32 Å². The molecule has 0 aromatic heterocycles. The number of thiol groups is 1. The average molecular weight is 222 g/mol. The zero-order chi connectivity index (χ0) is 8.97. The summed E-state index contributed by atoms with van der Waals surface area (Å²) in [6.07, 6.45) is 0. The van der Waals surface area contributed by atoms with E-state index in [2.05, 4.69) is 17.9 Å². The van der Waals surface area contributed by atoms with E-state index in [1.807, 2.05) is 12.1 Å². The first-order valence-corrected chi connectivity index (χ1v) is 4.88. The van der Waals surface area contributed by atoms with Gasteiger partial charge in [-0.25, -0.2) is 0 Å². The fourth-order valence-corrected chi connectivity index (χ4v) is 1.44. The Bertz CT molecular complexity index is 265. The van der Waals surface area contributed by atoms with Gasteiger partial charge in [-0.3, -0.25) is 0 Å². The minimum absolute atomic E-state index is 0.638. The van der Waals surface area contributed by atoms with Crippen molar-refractivity contribution < 1.29 is 0 Å². The molecule has 0 bridgehead atoms. The highest BCUT2D eigenvalue weighted by atomic mass is 35.5. The lowest BCUT2D eigenvalue weighted by atomic mass is 10.2. The molecular weight excluding hydrogens is 213 g/mol.